The largest absolute Gasteiger partial charge is 0.481 e. The van der Waals surface area contributed by atoms with Crippen molar-refractivity contribution in [2.24, 2.45) is 5.73 Å². The van der Waals surface area contributed by atoms with Crippen LogP contribution in [0.25, 0.3) is 16.3 Å². The van der Waals surface area contributed by atoms with Crippen molar-refractivity contribution in [2.45, 2.75) is 18.9 Å². The van der Waals surface area contributed by atoms with Crippen molar-refractivity contribution in [1.29, 1.82) is 0 Å². The Bertz CT molecular complexity index is 895. The van der Waals surface area contributed by atoms with Crippen LogP contribution in [0.2, 0.25) is 0 Å². The molecule has 5 nitrogen and oxygen atoms in total. The van der Waals surface area contributed by atoms with E-state index in [1.165, 1.54) is 0 Å². The standard InChI is InChI=1S/C19H17NO4/c20-18(19(23)24)16(10-17(21)22)14-7-3-6-13-8-11-4-1-2-5-12(11)9-15(13)14/h1-5,7-9,18H,6,10,20H2,(H,21,22)(H,23,24)/b16-14+/t18-/m0/s1. The Morgan fingerprint density at radius 2 is 1.79 bits per heavy atom. The van der Waals surface area contributed by atoms with Gasteiger partial charge in [-0.2, -0.15) is 0 Å². The van der Waals surface area contributed by atoms with E-state index in [1.54, 1.807) is 6.08 Å². The summed E-state index contributed by atoms with van der Waals surface area (Å²) in [5.41, 5.74) is 8.45. The van der Waals surface area contributed by atoms with Gasteiger partial charge in [-0.05, 0) is 45.5 Å². The number of fused-ring (bicyclic) bond motifs is 2. The number of aliphatic carboxylic acids is 2. The molecule has 0 heterocycles. The molecule has 2 aromatic carbocycles. The van der Waals surface area contributed by atoms with Crippen LogP contribution in [0.1, 0.15) is 17.5 Å². The van der Waals surface area contributed by atoms with Crippen LogP contribution in [0.5, 0.6) is 0 Å². The molecule has 0 bridgehead atoms. The molecule has 122 valence electrons. The fraction of sp³-hybridized carbons (Fsp3) is 0.158. The maximum absolute atomic E-state index is 11.3. The molecule has 1 aliphatic carbocycles. The van der Waals surface area contributed by atoms with Crippen LogP contribution < -0.4 is 5.73 Å². The Morgan fingerprint density at radius 1 is 1.12 bits per heavy atom. The molecule has 1 aliphatic rings. The van der Waals surface area contributed by atoms with E-state index in [4.69, 9.17) is 10.8 Å². The Kier molecular flexibility index (Phi) is 4.18. The molecule has 0 saturated carbocycles. The van der Waals surface area contributed by atoms with Crippen molar-refractivity contribution >= 4 is 28.3 Å². The van der Waals surface area contributed by atoms with Gasteiger partial charge in [-0.3, -0.25) is 9.59 Å². The minimum absolute atomic E-state index is 0.211. The zero-order chi connectivity index (χ0) is 17.3. The van der Waals surface area contributed by atoms with E-state index in [0.717, 1.165) is 21.9 Å². The van der Waals surface area contributed by atoms with E-state index in [2.05, 4.69) is 6.07 Å². The van der Waals surface area contributed by atoms with Crippen molar-refractivity contribution in [1.82, 2.24) is 0 Å². The Balaban J connectivity index is 2.24. The van der Waals surface area contributed by atoms with E-state index in [1.807, 2.05) is 36.4 Å². The van der Waals surface area contributed by atoms with Gasteiger partial charge in [0, 0.05) is 0 Å². The van der Waals surface area contributed by atoms with Gasteiger partial charge in [0.15, 0.2) is 0 Å². The summed E-state index contributed by atoms with van der Waals surface area (Å²) in [7, 11) is 0. The highest BCUT2D eigenvalue weighted by molar-refractivity contribution is 5.94. The topological polar surface area (TPSA) is 101 Å². The van der Waals surface area contributed by atoms with E-state index >= 15 is 0 Å². The lowest BCUT2D eigenvalue weighted by atomic mass is 9.84. The Hall–Kier alpha value is -2.92. The summed E-state index contributed by atoms with van der Waals surface area (Å²) < 4.78 is 0. The molecule has 0 fully saturated rings. The number of carbonyl (C=O) groups is 2. The lowest BCUT2D eigenvalue weighted by Gasteiger charge is -2.21. The second-order valence-corrected chi connectivity index (χ2v) is 5.79. The van der Waals surface area contributed by atoms with Crippen molar-refractivity contribution in [3.8, 4) is 0 Å². The Labute approximate surface area is 138 Å². The van der Waals surface area contributed by atoms with Crippen molar-refractivity contribution in [2.75, 3.05) is 0 Å². The SMILES string of the molecule is N[C@H](C(=O)O)/C(CC(=O)O)=C1\C=CCc2cc3ccccc3cc21. The quantitative estimate of drug-likeness (QED) is 0.803. The molecule has 0 spiro atoms. The predicted molar refractivity (Wildman–Crippen MR) is 91.6 cm³/mol. The highest BCUT2D eigenvalue weighted by Crippen LogP contribution is 2.34. The highest BCUT2D eigenvalue weighted by Gasteiger charge is 2.25. The van der Waals surface area contributed by atoms with Gasteiger partial charge in [-0.15, -0.1) is 0 Å². The molecule has 5 heteroatoms. The fourth-order valence-electron chi connectivity index (χ4n) is 3.07. The zero-order valence-corrected chi connectivity index (χ0v) is 12.9. The summed E-state index contributed by atoms with van der Waals surface area (Å²) in [4.78, 5) is 22.5. The van der Waals surface area contributed by atoms with Gasteiger partial charge in [0.25, 0.3) is 0 Å². The summed E-state index contributed by atoms with van der Waals surface area (Å²) in [6, 6.07) is 10.5. The lowest BCUT2D eigenvalue weighted by Crippen LogP contribution is -2.34. The van der Waals surface area contributed by atoms with Crippen LogP contribution in [0.15, 0.2) is 54.1 Å². The molecule has 0 amide bonds. The van der Waals surface area contributed by atoms with Gasteiger partial charge >= 0.3 is 11.9 Å². The molecule has 3 rings (SSSR count). The van der Waals surface area contributed by atoms with Crippen molar-refractivity contribution in [3.63, 3.8) is 0 Å². The number of carboxylic acids is 2. The first-order valence-corrected chi connectivity index (χ1v) is 7.59. The third kappa shape index (κ3) is 2.94. The van der Waals surface area contributed by atoms with Crippen LogP contribution >= 0.6 is 0 Å². The van der Waals surface area contributed by atoms with E-state index in [0.29, 0.717) is 12.0 Å². The van der Waals surface area contributed by atoms with Gasteiger partial charge in [0.2, 0.25) is 0 Å². The molecular formula is C19H17NO4. The summed E-state index contributed by atoms with van der Waals surface area (Å²) in [5.74, 6) is -2.34. The molecule has 0 aliphatic heterocycles. The third-order valence-electron chi connectivity index (χ3n) is 4.21. The smallest absolute Gasteiger partial charge is 0.324 e. The van der Waals surface area contributed by atoms with Crippen molar-refractivity contribution in [3.05, 3.63) is 65.3 Å². The summed E-state index contributed by atoms with van der Waals surface area (Å²) >= 11 is 0. The van der Waals surface area contributed by atoms with Crippen LogP contribution in [0.3, 0.4) is 0 Å². The molecule has 0 radical (unpaired) electrons. The number of carboxylic acid groups (broad SMARTS) is 2. The predicted octanol–water partition coefficient (Wildman–Crippen LogP) is 2.59. The van der Waals surface area contributed by atoms with Gasteiger partial charge in [-0.25, -0.2) is 0 Å². The molecule has 0 aromatic heterocycles. The number of nitrogens with two attached hydrogens (primary N) is 1. The summed E-state index contributed by atoms with van der Waals surface area (Å²) in [6.07, 6.45) is 3.99. The first kappa shape index (κ1) is 16.0. The van der Waals surface area contributed by atoms with Crippen LogP contribution in [-0.4, -0.2) is 28.2 Å². The average molecular weight is 323 g/mol. The molecule has 0 saturated heterocycles. The number of benzene rings is 2. The number of allylic oxidation sites excluding steroid dienone is 3. The van der Waals surface area contributed by atoms with Gasteiger partial charge in [0.05, 0.1) is 6.42 Å². The molecule has 0 unspecified atom stereocenters. The van der Waals surface area contributed by atoms with Crippen LogP contribution in [0, 0.1) is 0 Å². The maximum atomic E-state index is 11.3. The molecular weight excluding hydrogens is 306 g/mol. The summed E-state index contributed by atoms with van der Waals surface area (Å²) in [5, 5.41) is 20.5. The van der Waals surface area contributed by atoms with Gasteiger partial charge in [0.1, 0.15) is 6.04 Å². The normalized spacial score (nSPS) is 16.5. The van der Waals surface area contributed by atoms with Crippen molar-refractivity contribution < 1.29 is 19.8 Å². The fourth-order valence-corrected chi connectivity index (χ4v) is 3.07. The molecule has 4 N–H and O–H groups in total. The zero-order valence-electron chi connectivity index (χ0n) is 12.9. The minimum Gasteiger partial charge on any atom is -0.481 e. The highest BCUT2D eigenvalue weighted by atomic mass is 16.4. The number of hydrogen-bond donors (Lipinski definition) is 3. The van der Waals surface area contributed by atoms with E-state index < -0.39 is 24.4 Å². The monoisotopic (exact) mass is 323 g/mol. The van der Waals surface area contributed by atoms with Gasteiger partial charge in [-0.1, -0.05) is 42.5 Å². The first-order chi connectivity index (χ1) is 11.5. The van der Waals surface area contributed by atoms with Crippen LogP contribution in [-0.2, 0) is 16.0 Å². The first-order valence-electron chi connectivity index (χ1n) is 7.59. The second kappa shape index (κ2) is 6.29. The van der Waals surface area contributed by atoms with E-state index in [-0.39, 0.29) is 5.57 Å². The minimum atomic E-state index is -1.35. The molecule has 1 atom stereocenters. The van der Waals surface area contributed by atoms with Gasteiger partial charge < -0.3 is 15.9 Å². The van der Waals surface area contributed by atoms with Crippen LogP contribution in [0.4, 0.5) is 0 Å². The number of hydrogen-bond acceptors (Lipinski definition) is 3. The lowest BCUT2D eigenvalue weighted by molar-refractivity contribution is -0.138. The average Bonchev–Trinajstić information content (AvgIpc) is 2.56. The summed E-state index contributed by atoms with van der Waals surface area (Å²) in [6.45, 7) is 0. The molecule has 2 aromatic rings. The Morgan fingerprint density at radius 3 is 2.42 bits per heavy atom. The molecule has 24 heavy (non-hydrogen) atoms. The second-order valence-electron chi connectivity index (χ2n) is 5.79. The third-order valence-corrected chi connectivity index (χ3v) is 4.21. The number of rotatable bonds is 4. The maximum Gasteiger partial charge on any atom is 0.324 e. The van der Waals surface area contributed by atoms with E-state index in [9.17, 15) is 14.7 Å².